The van der Waals surface area contributed by atoms with Crippen LogP contribution in [0.1, 0.15) is 29.4 Å². The number of aliphatic hydroxyl groups is 1. The van der Waals surface area contributed by atoms with Crippen molar-refractivity contribution in [3.05, 3.63) is 64.7 Å². The Morgan fingerprint density at radius 2 is 1.90 bits per heavy atom. The number of nitrogens with one attached hydrogen (secondary N) is 3. The lowest BCUT2D eigenvalue weighted by atomic mass is 10.1. The van der Waals surface area contributed by atoms with Crippen LogP contribution in [0.3, 0.4) is 0 Å². The van der Waals surface area contributed by atoms with E-state index < -0.39 is 6.04 Å². The lowest BCUT2D eigenvalue weighted by Gasteiger charge is -2.22. The van der Waals surface area contributed by atoms with Crippen molar-refractivity contribution in [2.24, 2.45) is 0 Å². The summed E-state index contributed by atoms with van der Waals surface area (Å²) in [7, 11) is 1.81. The van der Waals surface area contributed by atoms with E-state index in [9.17, 15) is 15.2 Å². The maximum atomic E-state index is 12.7. The third-order valence-electron chi connectivity index (χ3n) is 5.52. The second-order valence-electron chi connectivity index (χ2n) is 8.04. The normalized spacial score (nSPS) is 13.9. The number of hydrogen-bond acceptors (Lipinski definition) is 4. The van der Waals surface area contributed by atoms with Gasteiger partial charge >= 0.3 is 0 Å². The first-order chi connectivity index (χ1) is 14.7. The molecule has 0 fully saturated rings. The zero-order valence-electron chi connectivity index (χ0n) is 18.5. The van der Waals surface area contributed by atoms with Gasteiger partial charge in [-0.05, 0) is 51.0 Å². The van der Waals surface area contributed by atoms with Crippen molar-refractivity contribution in [2.45, 2.75) is 33.7 Å². The van der Waals surface area contributed by atoms with Crippen LogP contribution in [-0.2, 0) is 4.79 Å². The number of para-hydroxylation sites is 2. The molecule has 2 aromatic carbocycles. The van der Waals surface area contributed by atoms with Gasteiger partial charge in [0.25, 0.3) is 5.91 Å². The number of aromatic nitrogens is 2. The Labute approximate surface area is 182 Å². The minimum absolute atomic E-state index is 0.0775. The van der Waals surface area contributed by atoms with E-state index in [4.69, 9.17) is 0 Å². The van der Waals surface area contributed by atoms with Crippen LogP contribution in [0, 0.1) is 32.1 Å². The van der Waals surface area contributed by atoms with Gasteiger partial charge in [-0.2, -0.15) is 5.26 Å². The number of fused-ring (bicyclic) bond motifs is 1. The molecule has 1 amide bonds. The van der Waals surface area contributed by atoms with Gasteiger partial charge in [0.2, 0.25) is 0 Å². The van der Waals surface area contributed by atoms with E-state index in [0.717, 1.165) is 38.3 Å². The number of quaternary nitrogens is 1. The predicted molar refractivity (Wildman–Crippen MR) is 122 cm³/mol. The Morgan fingerprint density at radius 3 is 2.52 bits per heavy atom. The Morgan fingerprint density at radius 1 is 1.26 bits per heavy atom. The standard InChI is InChI=1S/C24H27N5O2/c1-14-10-15(2)22(16(3)11-14)28-21(30)13-29(5)17(4)23(31)18(12-25)24-26-19-8-6-7-9-20(19)27-24/h6-11,17,31H,13H2,1-5H3,(H,26,27)(H,28,30)/p+1/b23-18-/t17-/m0/s1. The Hall–Kier alpha value is -3.63. The fraction of sp³-hybridized carbons (Fsp3) is 0.292. The summed E-state index contributed by atoms with van der Waals surface area (Å²) in [5, 5.41) is 23.4. The Kier molecular flexibility index (Phi) is 6.42. The van der Waals surface area contributed by atoms with E-state index >= 15 is 0 Å². The number of benzene rings is 2. The number of allylic oxidation sites excluding steroid dienone is 1. The molecule has 0 saturated heterocycles. The van der Waals surface area contributed by atoms with Gasteiger partial charge in [0.1, 0.15) is 17.7 Å². The molecule has 1 aromatic heterocycles. The van der Waals surface area contributed by atoms with Crippen LogP contribution in [0.5, 0.6) is 0 Å². The fourth-order valence-electron chi connectivity index (χ4n) is 3.72. The number of carbonyl (C=O) groups excluding carboxylic acids is 1. The number of H-pyrrole nitrogens is 1. The van der Waals surface area contributed by atoms with Crippen LogP contribution < -0.4 is 10.2 Å². The summed E-state index contributed by atoms with van der Waals surface area (Å²) in [4.78, 5) is 20.9. The monoisotopic (exact) mass is 418 g/mol. The van der Waals surface area contributed by atoms with Crippen LogP contribution in [0.2, 0.25) is 0 Å². The number of hydrogen-bond donors (Lipinski definition) is 4. The topological polar surface area (TPSA) is 106 Å². The minimum atomic E-state index is -0.478. The maximum Gasteiger partial charge on any atom is 0.279 e. The molecule has 0 aliphatic carbocycles. The molecule has 160 valence electrons. The highest BCUT2D eigenvalue weighted by Crippen LogP contribution is 2.22. The molecule has 7 nitrogen and oxygen atoms in total. The third-order valence-corrected chi connectivity index (χ3v) is 5.52. The van der Waals surface area contributed by atoms with E-state index in [1.807, 2.05) is 64.2 Å². The van der Waals surface area contributed by atoms with Crippen LogP contribution in [0.15, 0.2) is 42.2 Å². The highest BCUT2D eigenvalue weighted by molar-refractivity contribution is 5.93. The molecule has 0 aliphatic rings. The van der Waals surface area contributed by atoms with Crippen molar-refractivity contribution in [2.75, 3.05) is 18.9 Å². The summed E-state index contributed by atoms with van der Waals surface area (Å²) in [5.41, 5.74) is 5.56. The van der Waals surface area contributed by atoms with Crippen molar-refractivity contribution >= 4 is 28.2 Å². The second-order valence-corrected chi connectivity index (χ2v) is 8.04. The van der Waals surface area contributed by atoms with Crippen molar-refractivity contribution in [1.29, 1.82) is 5.26 Å². The van der Waals surface area contributed by atoms with Crippen LogP contribution in [-0.4, -0.2) is 40.6 Å². The van der Waals surface area contributed by atoms with E-state index in [0.29, 0.717) is 5.82 Å². The molecule has 1 unspecified atom stereocenters. The Balaban J connectivity index is 1.77. The van der Waals surface area contributed by atoms with Gasteiger partial charge in [-0.25, -0.2) is 4.98 Å². The quantitative estimate of drug-likeness (QED) is 0.365. The van der Waals surface area contributed by atoms with Gasteiger partial charge in [-0.3, -0.25) is 4.79 Å². The maximum absolute atomic E-state index is 12.7. The van der Waals surface area contributed by atoms with Crippen molar-refractivity contribution < 1.29 is 14.8 Å². The molecule has 0 bridgehead atoms. The number of anilines is 1. The molecule has 0 radical (unpaired) electrons. The molecule has 7 heteroatoms. The largest absolute Gasteiger partial charge is 0.505 e. The first-order valence-corrected chi connectivity index (χ1v) is 10.2. The van der Waals surface area contributed by atoms with Crippen molar-refractivity contribution in [3.63, 3.8) is 0 Å². The summed E-state index contributed by atoms with van der Waals surface area (Å²) >= 11 is 0. The van der Waals surface area contributed by atoms with Crippen molar-refractivity contribution in [3.8, 4) is 6.07 Å². The zero-order chi connectivity index (χ0) is 22.7. The summed E-state index contributed by atoms with van der Waals surface area (Å²) in [6.45, 7) is 7.87. The number of carbonyl (C=O) groups is 1. The van der Waals surface area contributed by atoms with E-state index in [2.05, 4.69) is 21.4 Å². The fourth-order valence-corrected chi connectivity index (χ4v) is 3.72. The summed E-state index contributed by atoms with van der Waals surface area (Å²) in [6.07, 6.45) is 0. The molecule has 4 N–H and O–H groups in total. The predicted octanol–water partition coefficient (Wildman–Crippen LogP) is 2.82. The van der Waals surface area contributed by atoms with Gasteiger partial charge in [-0.1, -0.05) is 29.8 Å². The molecule has 0 spiro atoms. The van der Waals surface area contributed by atoms with Gasteiger partial charge in [-0.15, -0.1) is 0 Å². The summed E-state index contributed by atoms with van der Waals surface area (Å²) in [6, 6.07) is 13.1. The smallest absolute Gasteiger partial charge is 0.279 e. The number of aliphatic hydroxyl groups excluding tert-OH is 1. The molecular formula is C24H28N5O2+. The van der Waals surface area contributed by atoms with Gasteiger partial charge < -0.3 is 20.3 Å². The molecule has 0 aliphatic heterocycles. The van der Waals surface area contributed by atoms with Crippen molar-refractivity contribution in [1.82, 2.24) is 9.97 Å². The number of aromatic amines is 1. The van der Waals surface area contributed by atoms with E-state index in [-0.39, 0.29) is 23.8 Å². The van der Waals surface area contributed by atoms with E-state index in [1.165, 1.54) is 0 Å². The first-order valence-electron chi connectivity index (χ1n) is 10.2. The highest BCUT2D eigenvalue weighted by Gasteiger charge is 2.26. The molecule has 1 heterocycles. The number of nitrogens with zero attached hydrogens (tertiary/aromatic N) is 2. The molecule has 3 aromatic rings. The number of imidazole rings is 1. The van der Waals surface area contributed by atoms with Gasteiger partial charge in [0.15, 0.2) is 18.1 Å². The van der Waals surface area contributed by atoms with Gasteiger partial charge in [0, 0.05) is 5.69 Å². The number of nitriles is 1. The van der Waals surface area contributed by atoms with Crippen LogP contribution in [0.25, 0.3) is 16.6 Å². The third kappa shape index (κ3) is 4.76. The Bertz CT molecular complexity index is 1150. The van der Waals surface area contributed by atoms with Gasteiger partial charge in [0.05, 0.1) is 18.1 Å². The SMILES string of the molecule is Cc1cc(C)c(NC(=O)C[NH+](C)[C@@H](C)/C(O)=C(\C#N)c2nc3ccccc3[nH]2)c(C)c1. The summed E-state index contributed by atoms with van der Waals surface area (Å²) in [5.74, 6) is 0.0557. The molecule has 31 heavy (non-hydrogen) atoms. The number of likely N-dealkylation sites (N-methyl/N-ethyl adjacent to an activating group) is 1. The average molecular weight is 419 g/mol. The molecule has 3 rings (SSSR count). The van der Waals surface area contributed by atoms with Crippen LogP contribution in [0.4, 0.5) is 5.69 Å². The lowest BCUT2D eigenvalue weighted by molar-refractivity contribution is -0.891. The zero-order valence-corrected chi connectivity index (χ0v) is 18.5. The molecular weight excluding hydrogens is 390 g/mol. The first kappa shape index (κ1) is 22.1. The minimum Gasteiger partial charge on any atom is -0.505 e. The number of aryl methyl sites for hydroxylation is 3. The second kappa shape index (κ2) is 9.02. The number of rotatable bonds is 6. The van der Waals surface area contributed by atoms with Crippen LogP contribution >= 0.6 is 0 Å². The average Bonchev–Trinajstić information content (AvgIpc) is 3.14. The summed E-state index contributed by atoms with van der Waals surface area (Å²) < 4.78 is 0. The van der Waals surface area contributed by atoms with E-state index in [1.54, 1.807) is 6.92 Å². The lowest BCUT2D eigenvalue weighted by Crippen LogP contribution is -3.13. The molecule has 2 atom stereocenters. The highest BCUT2D eigenvalue weighted by atomic mass is 16.3. The number of amides is 1. The molecule has 0 saturated carbocycles.